The smallest absolute Gasteiger partial charge is 0.147 e. The van der Waals surface area contributed by atoms with E-state index in [4.69, 9.17) is 9.72 Å². The molecule has 1 fully saturated rings. The van der Waals surface area contributed by atoms with Crippen LogP contribution in [0.4, 0.5) is 5.82 Å². The SMILES string of the molecule is CCC1COC(C)CN1c1cncc(CNCC(C)C)n1. The zero-order chi connectivity index (χ0) is 15.2. The molecule has 1 saturated heterocycles. The minimum Gasteiger partial charge on any atom is -0.375 e. The van der Waals surface area contributed by atoms with Crippen molar-refractivity contribution in [2.75, 3.05) is 24.6 Å². The van der Waals surface area contributed by atoms with Crippen LogP contribution in [0, 0.1) is 5.92 Å². The van der Waals surface area contributed by atoms with E-state index in [9.17, 15) is 0 Å². The van der Waals surface area contributed by atoms with E-state index in [0.29, 0.717) is 12.0 Å². The van der Waals surface area contributed by atoms with Crippen LogP contribution in [0.2, 0.25) is 0 Å². The summed E-state index contributed by atoms with van der Waals surface area (Å²) in [5.41, 5.74) is 1.00. The molecule has 0 radical (unpaired) electrons. The highest BCUT2D eigenvalue weighted by molar-refractivity contribution is 5.38. The molecule has 0 bridgehead atoms. The largest absolute Gasteiger partial charge is 0.375 e. The van der Waals surface area contributed by atoms with Crippen LogP contribution in [0.5, 0.6) is 0 Å². The van der Waals surface area contributed by atoms with Crippen molar-refractivity contribution in [3.05, 3.63) is 18.1 Å². The average Bonchev–Trinajstić information content (AvgIpc) is 2.47. The fourth-order valence-corrected chi connectivity index (χ4v) is 2.57. The van der Waals surface area contributed by atoms with Crippen molar-refractivity contribution in [2.24, 2.45) is 5.92 Å². The monoisotopic (exact) mass is 292 g/mol. The molecule has 2 heterocycles. The first-order valence-corrected chi connectivity index (χ1v) is 8.00. The molecular weight excluding hydrogens is 264 g/mol. The predicted molar refractivity (Wildman–Crippen MR) is 85.4 cm³/mol. The van der Waals surface area contributed by atoms with Crippen LogP contribution in [-0.2, 0) is 11.3 Å². The number of nitrogens with one attached hydrogen (secondary N) is 1. The van der Waals surface area contributed by atoms with Crippen molar-refractivity contribution in [3.63, 3.8) is 0 Å². The molecule has 21 heavy (non-hydrogen) atoms. The summed E-state index contributed by atoms with van der Waals surface area (Å²) in [6.07, 6.45) is 5.02. The lowest BCUT2D eigenvalue weighted by molar-refractivity contribution is 0.0296. The Labute approximate surface area is 128 Å². The Bertz CT molecular complexity index is 438. The van der Waals surface area contributed by atoms with Crippen molar-refractivity contribution in [3.8, 4) is 0 Å². The maximum absolute atomic E-state index is 5.75. The third-order valence-corrected chi connectivity index (χ3v) is 3.76. The Morgan fingerprint density at radius 2 is 2.24 bits per heavy atom. The third kappa shape index (κ3) is 4.64. The number of hydrogen-bond donors (Lipinski definition) is 1. The summed E-state index contributed by atoms with van der Waals surface area (Å²) >= 11 is 0. The molecule has 2 rings (SSSR count). The highest BCUT2D eigenvalue weighted by Crippen LogP contribution is 2.21. The molecule has 5 nitrogen and oxygen atoms in total. The zero-order valence-electron chi connectivity index (χ0n) is 13.7. The van der Waals surface area contributed by atoms with Crippen molar-refractivity contribution < 1.29 is 4.74 Å². The number of ether oxygens (including phenoxy) is 1. The molecule has 118 valence electrons. The van der Waals surface area contributed by atoms with Gasteiger partial charge in [-0.05, 0) is 25.8 Å². The molecular formula is C16H28N4O. The van der Waals surface area contributed by atoms with E-state index < -0.39 is 0 Å². The molecule has 2 unspecified atom stereocenters. The van der Waals surface area contributed by atoms with E-state index in [1.54, 1.807) is 0 Å². The lowest BCUT2D eigenvalue weighted by Crippen LogP contribution is -2.49. The molecule has 0 aliphatic carbocycles. The van der Waals surface area contributed by atoms with Crippen LogP contribution in [-0.4, -0.2) is 41.8 Å². The van der Waals surface area contributed by atoms with Gasteiger partial charge in [0.05, 0.1) is 30.6 Å². The summed E-state index contributed by atoms with van der Waals surface area (Å²) < 4.78 is 5.75. The lowest BCUT2D eigenvalue weighted by atomic mass is 10.1. The van der Waals surface area contributed by atoms with E-state index in [1.807, 2.05) is 12.4 Å². The number of morpholine rings is 1. The van der Waals surface area contributed by atoms with Crippen LogP contribution in [0.25, 0.3) is 0 Å². The normalized spacial score (nSPS) is 22.8. The average molecular weight is 292 g/mol. The number of hydrogen-bond acceptors (Lipinski definition) is 5. The summed E-state index contributed by atoms with van der Waals surface area (Å²) in [4.78, 5) is 11.5. The molecule has 1 aliphatic rings. The number of anilines is 1. The van der Waals surface area contributed by atoms with Crippen LogP contribution >= 0.6 is 0 Å². The second-order valence-electron chi connectivity index (χ2n) is 6.25. The second-order valence-corrected chi connectivity index (χ2v) is 6.25. The highest BCUT2D eigenvalue weighted by Gasteiger charge is 2.26. The molecule has 5 heteroatoms. The van der Waals surface area contributed by atoms with E-state index in [1.165, 1.54) is 0 Å². The van der Waals surface area contributed by atoms with Gasteiger partial charge in [0, 0.05) is 19.3 Å². The van der Waals surface area contributed by atoms with Crippen molar-refractivity contribution >= 4 is 5.82 Å². The molecule has 0 spiro atoms. The Morgan fingerprint density at radius 3 is 2.95 bits per heavy atom. The maximum Gasteiger partial charge on any atom is 0.147 e. The number of aromatic nitrogens is 2. The third-order valence-electron chi connectivity index (χ3n) is 3.76. The molecule has 1 aromatic rings. The van der Waals surface area contributed by atoms with Gasteiger partial charge in [0.15, 0.2) is 0 Å². The van der Waals surface area contributed by atoms with Gasteiger partial charge < -0.3 is 15.0 Å². The first-order valence-electron chi connectivity index (χ1n) is 8.00. The summed E-state index contributed by atoms with van der Waals surface area (Å²) in [5, 5.41) is 3.42. The Morgan fingerprint density at radius 1 is 1.43 bits per heavy atom. The lowest BCUT2D eigenvalue weighted by Gasteiger charge is -2.39. The first kappa shape index (κ1) is 16.2. The second kappa shape index (κ2) is 7.71. The highest BCUT2D eigenvalue weighted by atomic mass is 16.5. The van der Waals surface area contributed by atoms with E-state index in [-0.39, 0.29) is 6.10 Å². The Balaban J connectivity index is 2.04. The maximum atomic E-state index is 5.75. The first-order chi connectivity index (χ1) is 10.1. The molecule has 1 N–H and O–H groups in total. The summed E-state index contributed by atoms with van der Waals surface area (Å²) in [5.74, 6) is 1.62. The standard InChI is InChI=1S/C16H28N4O/c1-5-15-11-21-13(4)10-20(15)16-9-18-8-14(19-16)7-17-6-12(2)3/h8-9,12-13,15,17H,5-7,10-11H2,1-4H3. The van der Waals surface area contributed by atoms with E-state index >= 15 is 0 Å². The van der Waals surface area contributed by atoms with Gasteiger partial charge in [-0.2, -0.15) is 0 Å². The molecule has 1 aliphatic heterocycles. The fourth-order valence-electron chi connectivity index (χ4n) is 2.57. The van der Waals surface area contributed by atoms with Gasteiger partial charge in [-0.15, -0.1) is 0 Å². The van der Waals surface area contributed by atoms with Gasteiger partial charge >= 0.3 is 0 Å². The van der Waals surface area contributed by atoms with Crippen LogP contribution in [0.1, 0.15) is 39.8 Å². The van der Waals surface area contributed by atoms with Gasteiger partial charge in [0.25, 0.3) is 0 Å². The van der Waals surface area contributed by atoms with Crippen molar-refractivity contribution in [2.45, 2.75) is 52.8 Å². The number of nitrogens with zero attached hydrogens (tertiary/aromatic N) is 3. The van der Waals surface area contributed by atoms with Gasteiger partial charge in [0.1, 0.15) is 5.82 Å². The van der Waals surface area contributed by atoms with Crippen LogP contribution < -0.4 is 10.2 Å². The molecule has 0 saturated carbocycles. The summed E-state index contributed by atoms with van der Waals surface area (Å²) in [6, 6.07) is 0.398. The van der Waals surface area contributed by atoms with Crippen LogP contribution in [0.15, 0.2) is 12.4 Å². The zero-order valence-corrected chi connectivity index (χ0v) is 13.7. The van der Waals surface area contributed by atoms with Gasteiger partial charge in [-0.25, -0.2) is 4.98 Å². The van der Waals surface area contributed by atoms with Gasteiger partial charge in [-0.1, -0.05) is 20.8 Å². The topological polar surface area (TPSA) is 50.3 Å². The molecule has 0 aromatic carbocycles. The molecule has 0 amide bonds. The summed E-state index contributed by atoms with van der Waals surface area (Å²) in [6.45, 7) is 12.1. The number of rotatable bonds is 6. The van der Waals surface area contributed by atoms with Crippen molar-refractivity contribution in [1.29, 1.82) is 0 Å². The quantitative estimate of drug-likeness (QED) is 0.871. The van der Waals surface area contributed by atoms with Gasteiger partial charge in [-0.3, -0.25) is 4.98 Å². The molecule has 1 aromatic heterocycles. The van der Waals surface area contributed by atoms with Crippen molar-refractivity contribution in [1.82, 2.24) is 15.3 Å². The van der Waals surface area contributed by atoms with Crippen LogP contribution in [0.3, 0.4) is 0 Å². The minimum atomic E-state index is 0.248. The predicted octanol–water partition coefficient (Wildman–Crippen LogP) is 2.23. The van der Waals surface area contributed by atoms with Gasteiger partial charge in [0.2, 0.25) is 0 Å². The minimum absolute atomic E-state index is 0.248. The molecule has 2 atom stereocenters. The Kier molecular flexibility index (Phi) is 5.94. The van der Waals surface area contributed by atoms with E-state index in [0.717, 1.165) is 44.2 Å². The van der Waals surface area contributed by atoms with E-state index in [2.05, 4.69) is 42.9 Å². The fraction of sp³-hybridized carbons (Fsp3) is 0.750. The summed E-state index contributed by atoms with van der Waals surface area (Å²) in [7, 11) is 0. The Hall–Kier alpha value is -1.20.